The van der Waals surface area contributed by atoms with Gasteiger partial charge in [0.2, 0.25) is 0 Å². The average Bonchev–Trinajstić information content (AvgIpc) is 2.70. The Balaban J connectivity index is 2.22. The van der Waals surface area contributed by atoms with Crippen LogP contribution in [0.4, 0.5) is 0 Å². The summed E-state index contributed by atoms with van der Waals surface area (Å²) in [7, 11) is 0. The van der Waals surface area contributed by atoms with E-state index in [1.165, 1.54) is 4.85 Å². The highest BCUT2D eigenvalue weighted by Gasteiger charge is 2.29. The number of carbonyl (C=O) groups excluding carboxylic acids is 1. The Kier molecular flexibility index (Phi) is 3.07. The van der Waals surface area contributed by atoms with E-state index >= 15 is 0 Å². The molecule has 0 saturated heterocycles. The predicted octanol–water partition coefficient (Wildman–Crippen LogP) is 2.07. The third-order valence-electron chi connectivity index (χ3n) is 3.15. The molecule has 0 spiro atoms. The Morgan fingerprint density at radius 1 is 1.33 bits per heavy atom. The van der Waals surface area contributed by atoms with Crippen LogP contribution in [0.3, 0.4) is 0 Å². The molecule has 1 aromatic carbocycles. The van der Waals surface area contributed by atoms with Gasteiger partial charge in [-0.1, -0.05) is 44.7 Å². The van der Waals surface area contributed by atoms with E-state index in [-0.39, 0.29) is 17.3 Å². The summed E-state index contributed by atoms with van der Waals surface area (Å²) in [4.78, 5) is 18.4. The number of hydrogen-bond donors (Lipinski definition) is 0. The van der Waals surface area contributed by atoms with Crippen LogP contribution in [-0.4, -0.2) is 21.1 Å². The minimum atomic E-state index is -0.307. The Bertz CT molecular complexity index is 569. The van der Waals surface area contributed by atoms with E-state index in [2.05, 4.69) is 10.3 Å². The first kappa shape index (κ1) is 12.5. The molecule has 1 aromatic heterocycles. The van der Waals surface area contributed by atoms with Gasteiger partial charge >= 0.3 is 5.97 Å². The molecule has 0 radical (unpaired) electrons. The predicted molar refractivity (Wildman–Crippen MR) is 67.7 cm³/mol. The van der Waals surface area contributed by atoms with Gasteiger partial charge in [0.1, 0.15) is 11.0 Å². The maximum absolute atomic E-state index is 12.0. The lowest BCUT2D eigenvalue weighted by molar-refractivity contribution is -0.153. The van der Waals surface area contributed by atoms with Gasteiger partial charge in [0.05, 0.1) is 5.92 Å². The van der Waals surface area contributed by atoms with E-state index in [1.54, 1.807) is 0 Å². The highest BCUT2D eigenvalue weighted by molar-refractivity contribution is 5.76. The van der Waals surface area contributed by atoms with Crippen molar-refractivity contribution in [2.45, 2.75) is 27.7 Å². The van der Waals surface area contributed by atoms with Gasteiger partial charge in [0, 0.05) is 0 Å². The molecule has 5 nitrogen and oxygen atoms in total. The number of hydrogen-bond acceptors (Lipinski definition) is 4. The molecule has 0 aliphatic heterocycles. The standard InChI is InChI=1S/C13H17N3O2/c1-9(13(2,3)4)12(17)18-16-11-8-6-5-7-10(11)14-15-16/h5-9H,1-4H3/t9-/m1/s1. The summed E-state index contributed by atoms with van der Waals surface area (Å²) >= 11 is 0. The summed E-state index contributed by atoms with van der Waals surface area (Å²) in [5.74, 6) is -0.529. The number of fused-ring (bicyclic) bond motifs is 1. The van der Waals surface area contributed by atoms with Gasteiger partial charge in [-0.05, 0) is 22.8 Å². The Morgan fingerprint density at radius 2 is 2.00 bits per heavy atom. The first-order valence-corrected chi connectivity index (χ1v) is 5.92. The van der Waals surface area contributed by atoms with Crippen LogP contribution in [0.1, 0.15) is 27.7 Å². The van der Waals surface area contributed by atoms with Crippen LogP contribution in [0.25, 0.3) is 11.0 Å². The van der Waals surface area contributed by atoms with Crippen molar-refractivity contribution in [1.29, 1.82) is 0 Å². The van der Waals surface area contributed by atoms with Crippen LogP contribution < -0.4 is 4.84 Å². The fraction of sp³-hybridized carbons (Fsp3) is 0.462. The number of rotatable bonds is 2. The highest BCUT2D eigenvalue weighted by atomic mass is 16.7. The summed E-state index contributed by atoms with van der Waals surface area (Å²) in [5.41, 5.74) is 1.24. The number of para-hydroxylation sites is 1. The summed E-state index contributed by atoms with van der Waals surface area (Å²) in [5, 5.41) is 7.75. The topological polar surface area (TPSA) is 57.0 Å². The highest BCUT2D eigenvalue weighted by Crippen LogP contribution is 2.25. The van der Waals surface area contributed by atoms with Crippen molar-refractivity contribution < 1.29 is 9.63 Å². The summed E-state index contributed by atoms with van der Waals surface area (Å²) in [6, 6.07) is 7.34. The van der Waals surface area contributed by atoms with Crippen molar-refractivity contribution in [1.82, 2.24) is 15.2 Å². The molecule has 1 atom stereocenters. The molecule has 96 valence electrons. The Labute approximate surface area is 106 Å². The lowest BCUT2D eigenvalue weighted by Crippen LogP contribution is -2.33. The average molecular weight is 247 g/mol. The lowest BCUT2D eigenvalue weighted by Gasteiger charge is -2.24. The Hall–Kier alpha value is -1.91. The molecular weight excluding hydrogens is 230 g/mol. The van der Waals surface area contributed by atoms with Gasteiger partial charge in [0.25, 0.3) is 0 Å². The first-order chi connectivity index (χ1) is 8.39. The van der Waals surface area contributed by atoms with Crippen molar-refractivity contribution >= 4 is 17.0 Å². The zero-order valence-corrected chi connectivity index (χ0v) is 11.0. The van der Waals surface area contributed by atoms with Crippen molar-refractivity contribution in [3.63, 3.8) is 0 Å². The molecule has 0 aliphatic carbocycles. The second kappa shape index (κ2) is 4.40. The second-order valence-electron chi connectivity index (χ2n) is 5.45. The van der Waals surface area contributed by atoms with Gasteiger partial charge in [-0.25, -0.2) is 4.79 Å². The fourth-order valence-corrected chi connectivity index (χ4v) is 1.43. The van der Waals surface area contributed by atoms with Crippen LogP contribution in [0.2, 0.25) is 0 Å². The molecule has 0 fully saturated rings. The third-order valence-corrected chi connectivity index (χ3v) is 3.15. The van der Waals surface area contributed by atoms with Gasteiger partial charge in [-0.3, -0.25) is 0 Å². The van der Waals surface area contributed by atoms with Crippen molar-refractivity contribution in [3.05, 3.63) is 24.3 Å². The molecule has 2 aromatic rings. The molecule has 2 rings (SSSR count). The first-order valence-electron chi connectivity index (χ1n) is 5.92. The number of nitrogens with zero attached hydrogens (tertiary/aromatic N) is 3. The van der Waals surface area contributed by atoms with Crippen LogP contribution in [0.5, 0.6) is 0 Å². The SMILES string of the molecule is C[C@H](C(=O)On1nnc2ccccc21)C(C)(C)C. The summed E-state index contributed by atoms with van der Waals surface area (Å²) < 4.78 is 0. The normalized spacial score (nSPS) is 13.6. The lowest BCUT2D eigenvalue weighted by atomic mass is 9.82. The molecule has 5 heteroatoms. The van der Waals surface area contributed by atoms with Crippen LogP contribution in [-0.2, 0) is 4.79 Å². The van der Waals surface area contributed by atoms with Gasteiger partial charge in [-0.15, -0.1) is 5.10 Å². The third kappa shape index (κ3) is 2.34. The van der Waals surface area contributed by atoms with E-state index in [9.17, 15) is 4.79 Å². The van der Waals surface area contributed by atoms with E-state index in [0.29, 0.717) is 11.0 Å². The van der Waals surface area contributed by atoms with Crippen molar-refractivity contribution in [2.24, 2.45) is 11.3 Å². The Morgan fingerprint density at radius 3 is 2.67 bits per heavy atom. The zero-order chi connectivity index (χ0) is 13.3. The molecule has 0 aliphatic rings. The van der Waals surface area contributed by atoms with Crippen LogP contribution in [0, 0.1) is 11.3 Å². The van der Waals surface area contributed by atoms with E-state index in [1.807, 2.05) is 52.0 Å². The quantitative estimate of drug-likeness (QED) is 0.762. The maximum atomic E-state index is 12.0. The largest absolute Gasteiger partial charge is 0.338 e. The van der Waals surface area contributed by atoms with Crippen molar-refractivity contribution in [3.8, 4) is 0 Å². The zero-order valence-electron chi connectivity index (χ0n) is 11.0. The monoisotopic (exact) mass is 247 g/mol. The van der Waals surface area contributed by atoms with Crippen molar-refractivity contribution in [2.75, 3.05) is 0 Å². The molecule has 0 unspecified atom stereocenters. The minimum absolute atomic E-state index is 0.145. The van der Waals surface area contributed by atoms with Crippen LogP contribution >= 0.6 is 0 Å². The number of benzene rings is 1. The van der Waals surface area contributed by atoms with E-state index < -0.39 is 0 Å². The molecular formula is C13H17N3O2. The minimum Gasteiger partial charge on any atom is -0.317 e. The van der Waals surface area contributed by atoms with Gasteiger partial charge in [-0.2, -0.15) is 0 Å². The van der Waals surface area contributed by atoms with E-state index in [4.69, 9.17) is 4.84 Å². The molecule has 1 heterocycles. The maximum Gasteiger partial charge on any atom is 0.338 e. The molecule has 18 heavy (non-hydrogen) atoms. The van der Waals surface area contributed by atoms with Gasteiger partial charge in [0.15, 0.2) is 0 Å². The second-order valence-corrected chi connectivity index (χ2v) is 5.45. The summed E-state index contributed by atoms with van der Waals surface area (Å²) in [6.45, 7) is 7.84. The van der Waals surface area contributed by atoms with Gasteiger partial charge < -0.3 is 4.84 Å². The molecule has 0 amide bonds. The molecule has 0 bridgehead atoms. The number of aromatic nitrogens is 3. The molecule has 0 N–H and O–H groups in total. The fourth-order valence-electron chi connectivity index (χ4n) is 1.43. The molecule has 0 saturated carbocycles. The number of carbonyl (C=O) groups is 1. The van der Waals surface area contributed by atoms with E-state index in [0.717, 1.165) is 0 Å². The van der Waals surface area contributed by atoms with Crippen LogP contribution in [0.15, 0.2) is 24.3 Å². The summed E-state index contributed by atoms with van der Waals surface area (Å²) in [6.07, 6.45) is 0. The smallest absolute Gasteiger partial charge is 0.317 e.